The minimum Gasteiger partial charge on any atom is -0.497 e. The van der Waals surface area contributed by atoms with Gasteiger partial charge in [0.2, 0.25) is 11.9 Å². The number of carbonyl (C=O) groups excluding carboxylic acids is 1. The zero-order valence-corrected chi connectivity index (χ0v) is 11.6. The van der Waals surface area contributed by atoms with Crippen LogP contribution in [0.15, 0.2) is 36.9 Å². The monoisotopic (exact) mass is 285 g/mol. The summed E-state index contributed by atoms with van der Waals surface area (Å²) >= 11 is 0. The second-order valence-corrected chi connectivity index (χ2v) is 4.71. The smallest absolute Gasteiger partial charge is 0.229 e. The molecular weight excluding hydrogens is 270 g/mol. The van der Waals surface area contributed by atoms with E-state index < -0.39 is 0 Å². The average molecular weight is 285 g/mol. The summed E-state index contributed by atoms with van der Waals surface area (Å²) < 4.78 is 5.12. The number of hydrogen-bond donors (Lipinski definition) is 1. The Bertz CT molecular complexity index is 617. The fourth-order valence-electron chi connectivity index (χ4n) is 2.31. The van der Waals surface area contributed by atoms with Gasteiger partial charge in [0.15, 0.2) is 0 Å². The van der Waals surface area contributed by atoms with E-state index >= 15 is 0 Å². The topological polar surface area (TPSA) is 80.2 Å². The van der Waals surface area contributed by atoms with Gasteiger partial charge in [0.1, 0.15) is 18.4 Å². The molecule has 7 heteroatoms. The SMILES string of the molecule is COc1ccc(N2C[C@H](Nc3ncncn3)CC2=O)cc1. The third-order valence-electron chi connectivity index (χ3n) is 3.34. The van der Waals surface area contributed by atoms with E-state index in [0.717, 1.165) is 11.4 Å². The molecule has 1 aliphatic rings. The van der Waals surface area contributed by atoms with Crippen molar-refractivity contribution in [3.05, 3.63) is 36.9 Å². The molecule has 0 radical (unpaired) electrons. The molecular formula is C14H15N5O2. The van der Waals surface area contributed by atoms with Crippen LogP contribution in [0.5, 0.6) is 5.75 Å². The summed E-state index contributed by atoms with van der Waals surface area (Å²) in [6.07, 6.45) is 3.26. The lowest BCUT2D eigenvalue weighted by molar-refractivity contribution is -0.117. The molecule has 0 bridgehead atoms. The van der Waals surface area contributed by atoms with E-state index in [0.29, 0.717) is 18.9 Å². The molecule has 1 aromatic carbocycles. The number of amides is 1. The molecule has 0 aliphatic carbocycles. The molecule has 1 amide bonds. The molecule has 108 valence electrons. The van der Waals surface area contributed by atoms with Gasteiger partial charge < -0.3 is 15.0 Å². The number of benzene rings is 1. The fraction of sp³-hybridized carbons (Fsp3) is 0.286. The molecule has 0 unspecified atom stereocenters. The van der Waals surface area contributed by atoms with Gasteiger partial charge in [0.25, 0.3) is 0 Å². The first-order chi connectivity index (χ1) is 10.3. The van der Waals surface area contributed by atoms with Crippen LogP contribution in [-0.2, 0) is 4.79 Å². The van der Waals surface area contributed by atoms with Gasteiger partial charge in [-0.25, -0.2) is 15.0 Å². The van der Waals surface area contributed by atoms with E-state index in [4.69, 9.17) is 4.74 Å². The van der Waals surface area contributed by atoms with Crippen molar-refractivity contribution in [1.29, 1.82) is 0 Å². The molecule has 21 heavy (non-hydrogen) atoms. The summed E-state index contributed by atoms with van der Waals surface area (Å²) in [5, 5.41) is 3.14. The Labute approximate surface area is 122 Å². The summed E-state index contributed by atoms with van der Waals surface area (Å²) in [4.78, 5) is 25.7. The van der Waals surface area contributed by atoms with Crippen LogP contribution >= 0.6 is 0 Å². The van der Waals surface area contributed by atoms with Crippen LogP contribution in [0.25, 0.3) is 0 Å². The highest BCUT2D eigenvalue weighted by Crippen LogP contribution is 2.24. The standard InChI is InChI=1S/C14H15N5O2/c1-21-12-4-2-11(3-5-12)19-7-10(6-13(19)20)18-14-16-8-15-9-17-14/h2-5,8-10H,6-7H2,1H3,(H,15,16,17,18)/t10-/m1/s1. The van der Waals surface area contributed by atoms with Crippen LogP contribution in [0.3, 0.4) is 0 Å². The number of methoxy groups -OCH3 is 1. The summed E-state index contributed by atoms with van der Waals surface area (Å²) in [5.41, 5.74) is 0.862. The minimum absolute atomic E-state index is 0.0120. The van der Waals surface area contributed by atoms with Gasteiger partial charge in [-0.1, -0.05) is 0 Å². The Morgan fingerprint density at radius 3 is 2.62 bits per heavy atom. The van der Waals surface area contributed by atoms with E-state index in [-0.39, 0.29) is 11.9 Å². The molecule has 3 rings (SSSR count). The number of anilines is 2. The predicted octanol–water partition coefficient (Wildman–Crippen LogP) is 1.10. The summed E-state index contributed by atoms with van der Waals surface area (Å²) in [6.45, 7) is 0.580. The van der Waals surface area contributed by atoms with E-state index in [1.807, 2.05) is 24.3 Å². The van der Waals surface area contributed by atoms with Crippen molar-refractivity contribution in [2.45, 2.75) is 12.5 Å². The van der Waals surface area contributed by atoms with Gasteiger partial charge >= 0.3 is 0 Å². The Kier molecular flexibility index (Phi) is 3.63. The molecule has 0 saturated carbocycles. The first-order valence-corrected chi connectivity index (χ1v) is 6.59. The molecule has 1 saturated heterocycles. The van der Waals surface area contributed by atoms with Crippen LogP contribution in [0.1, 0.15) is 6.42 Å². The molecule has 1 N–H and O–H groups in total. The van der Waals surface area contributed by atoms with Crippen LogP contribution in [0, 0.1) is 0 Å². The van der Waals surface area contributed by atoms with Gasteiger partial charge in [-0.3, -0.25) is 4.79 Å². The Balaban J connectivity index is 1.69. The predicted molar refractivity (Wildman–Crippen MR) is 77.2 cm³/mol. The quantitative estimate of drug-likeness (QED) is 0.906. The van der Waals surface area contributed by atoms with Gasteiger partial charge in [-0.05, 0) is 24.3 Å². The van der Waals surface area contributed by atoms with Gasteiger partial charge in [-0.15, -0.1) is 0 Å². The highest BCUT2D eigenvalue weighted by atomic mass is 16.5. The lowest BCUT2D eigenvalue weighted by atomic mass is 10.2. The second kappa shape index (κ2) is 5.74. The van der Waals surface area contributed by atoms with E-state index in [1.54, 1.807) is 12.0 Å². The van der Waals surface area contributed by atoms with Gasteiger partial charge in [-0.2, -0.15) is 0 Å². The van der Waals surface area contributed by atoms with E-state index in [9.17, 15) is 4.79 Å². The zero-order chi connectivity index (χ0) is 14.7. The van der Waals surface area contributed by atoms with Crippen molar-refractivity contribution in [3.63, 3.8) is 0 Å². The maximum absolute atomic E-state index is 12.1. The van der Waals surface area contributed by atoms with E-state index in [1.165, 1.54) is 12.7 Å². The number of nitrogens with zero attached hydrogens (tertiary/aromatic N) is 4. The van der Waals surface area contributed by atoms with Crippen LogP contribution < -0.4 is 15.0 Å². The molecule has 2 aromatic rings. The largest absolute Gasteiger partial charge is 0.497 e. The Morgan fingerprint density at radius 2 is 1.95 bits per heavy atom. The molecule has 2 heterocycles. The number of carbonyl (C=O) groups is 1. The van der Waals surface area contributed by atoms with Crippen molar-refractivity contribution in [2.75, 3.05) is 23.9 Å². The maximum Gasteiger partial charge on any atom is 0.229 e. The third kappa shape index (κ3) is 2.91. The summed E-state index contributed by atoms with van der Waals surface area (Å²) in [5.74, 6) is 1.33. The summed E-state index contributed by atoms with van der Waals surface area (Å²) in [7, 11) is 1.62. The number of aromatic nitrogens is 3. The first kappa shape index (κ1) is 13.3. The number of nitrogens with one attached hydrogen (secondary N) is 1. The molecule has 1 atom stereocenters. The number of rotatable bonds is 4. The molecule has 1 fully saturated rings. The van der Waals surface area contributed by atoms with E-state index in [2.05, 4.69) is 20.3 Å². The average Bonchev–Trinajstić information content (AvgIpc) is 2.89. The lowest BCUT2D eigenvalue weighted by Crippen LogP contribution is -2.28. The van der Waals surface area contributed by atoms with Crippen molar-refractivity contribution in [3.8, 4) is 5.75 Å². The van der Waals surface area contributed by atoms with Gasteiger partial charge in [0.05, 0.1) is 13.2 Å². The third-order valence-corrected chi connectivity index (χ3v) is 3.34. The summed E-state index contributed by atoms with van der Waals surface area (Å²) in [6, 6.07) is 7.43. The van der Waals surface area contributed by atoms with Gasteiger partial charge in [0, 0.05) is 18.7 Å². The molecule has 7 nitrogen and oxygen atoms in total. The zero-order valence-electron chi connectivity index (χ0n) is 11.6. The number of hydrogen-bond acceptors (Lipinski definition) is 6. The highest BCUT2D eigenvalue weighted by Gasteiger charge is 2.30. The first-order valence-electron chi connectivity index (χ1n) is 6.59. The Hall–Kier alpha value is -2.70. The maximum atomic E-state index is 12.1. The normalized spacial score (nSPS) is 17.9. The molecule has 1 aliphatic heterocycles. The number of ether oxygens (including phenoxy) is 1. The lowest BCUT2D eigenvalue weighted by Gasteiger charge is -2.17. The Morgan fingerprint density at radius 1 is 1.24 bits per heavy atom. The molecule has 0 spiro atoms. The van der Waals surface area contributed by atoms with Crippen molar-refractivity contribution in [1.82, 2.24) is 15.0 Å². The molecule has 1 aromatic heterocycles. The van der Waals surface area contributed by atoms with Crippen molar-refractivity contribution < 1.29 is 9.53 Å². The minimum atomic E-state index is -0.0120. The highest BCUT2D eigenvalue weighted by molar-refractivity contribution is 5.96. The van der Waals surface area contributed by atoms with Crippen LogP contribution in [0.4, 0.5) is 11.6 Å². The second-order valence-electron chi connectivity index (χ2n) is 4.71. The van der Waals surface area contributed by atoms with Crippen molar-refractivity contribution >= 4 is 17.5 Å². The fourth-order valence-corrected chi connectivity index (χ4v) is 2.31. The van der Waals surface area contributed by atoms with Crippen LogP contribution in [-0.4, -0.2) is 40.6 Å². The van der Waals surface area contributed by atoms with Crippen molar-refractivity contribution in [2.24, 2.45) is 0 Å². The van der Waals surface area contributed by atoms with Crippen LogP contribution in [0.2, 0.25) is 0 Å².